The number of fused-ring (bicyclic) bond motifs is 1. The highest BCUT2D eigenvalue weighted by Crippen LogP contribution is 2.37. The first-order valence-corrected chi connectivity index (χ1v) is 10.1. The van der Waals surface area contributed by atoms with Gasteiger partial charge in [0, 0.05) is 37.9 Å². The van der Waals surface area contributed by atoms with Crippen molar-refractivity contribution in [3.63, 3.8) is 0 Å². The Balaban J connectivity index is 1.45. The molecule has 0 atom stereocenters. The van der Waals surface area contributed by atoms with Crippen LogP contribution in [0.3, 0.4) is 0 Å². The third-order valence-electron chi connectivity index (χ3n) is 6.21. The monoisotopic (exact) mass is 377 g/mol. The van der Waals surface area contributed by atoms with Gasteiger partial charge in [0.25, 0.3) is 0 Å². The molecule has 2 aliphatic rings. The number of rotatable bonds is 4. The van der Waals surface area contributed by atoms with E-state index in [2.05, 4.69) is 49.9 Å². The SMILES string of the molecule is CN1CCN(c2cccc3ncc(-c4cnn(C5CC(CN)C5)c4)nc23)CC1. The molecular formula is C21H27N7. The molecule has 0 bridgehead atoms. The lowest BCUT2D eigenvalue weighted by atomic mass is 9.80. The molecule has 0 amide bonds. The lowest BCUT2D eigenvalue weighted by molar-refractivity contribution is 0.190. The minimum atomic E-state index is 0.469. The van der Waals surface area contributed by atoms with Crippen LogP contribution in [0.15, 0.2) is 36.8 Å². The fourth-order valence-corrected chi connectivity index (χ4v) is 4.24. The molecule has 1 aromatic carbocycles. The molecule has 1 saturated carbocycles. The van der Waals surface area contributed by atoms with Crippen LogP contribution in [-0.4, -0.2) is 64.4 Å². The van der Waals surface area contributed by atoms with E-state index in [1.54, 1.807) is 0 Å². The van der Waals surface area contributed by atoms with Gasteiger partial charge in [0.05, 0.1) is 35.3 Å². The van der Waals surface area contributed by atoms with E-state index >= 15 is 0 Å². The summed E-state index contributed by atoms with van der Waals surface area (Å²) in [7, 11) is 2.17. The van der Waals surface area contributed by atoms with Crippen molar-refractivity contribution in [3.05, 3.63) is 36.8 Å². The predicted molar refractivity (Wildman–Crippen MR) is 111 cm³/mol. The molecule has 3 aromatic rings. The van der Waals surface area contributed by atoms with Gasteiger partial charge in [0.1, 0.15) is 5.52 Å². The molecule has 2 aromatic heterocycles. The Labute approximate surface area is 165 Å². The van der Waals surface area contributed by atoms with E-state index in [9.17, 15) is 0 Å². The van der Waals surface area contributed by atoms with Gasteiger partial charge in [-0.2, -0.15) is 5.10 Å². The zero-order valence-electron chi connectivity index (χ0n) is 16.3. The largest absolute Gasteiger partial charge is 0.367 e. The predicted octanol–water partition coefficient (Wildman–Crippen LogP) is 2.15. The summed E-state index contributed by atoms with van der Waals surface area (Å²) in [6.07, 6.45) is 8.11. The van der Waals surface area contributed by atoms with Crippen molar-refractivity contribution >= 4 is 16.7 Å². The third kappa shape index (κ3) is 3.14. The molecule has 5 rings (SSSR count). The molecular weight excluding hydrogens is 350 g/mol. The van der Waals surface area contributed by atoms with E-state index < -0.39 is 0 Å². The fourth-order valence-electron chi connectivity index (χ4n) is 4.24. The normalized spacial score (nSPS) is 23.1. The van der Waals surface area contributed by atoms with E-state index in [-0.39, 0.29) is 0 Å². The molecule has 0 spiro atoms. The number of nitrogens with two attached hydrogens (primary N) is 1. The van der Waals surface area contributed by atoms with Crippen LogP contribution in [0.2, 0.25) is 0 Å². The molecule has 3 heterocycles. The number of aromatic nitrogens is 4. The highest BCUT2D eigenvalue weighted by molar-refractivity contribution is 5.89. The summed E-state index contributed by atoms with van der Waals surface area (Å²) in [6, 6.07) is 6.75. The quantitative estimate of drug-likeness (QED) is 0.751. The first-order valence-electron chi connectivity index (χ1n) is 10.1. The molecule has 1 saturated heterocycles. The Kier molecular flexibility index (Phi) is 4.49. The Morgan fingerprint density at radius 2 is 1.93 bits per heavy atom. The maximum Gasteiger partial charge on any atom is 0.113 e. The highest BCUT2D eigenvalue weighted by atomic mass is 15.3. The van der Waals surface area contributed by atoms with Gasteiger partial charge in [0.15, 0.2) is 0 Å². The summed E-state index contributed by atoms with van der Waals surface area (Å²) in [6.45, 7) is 4.95. The summed E-state index contributed by atoms with van der Waals surface area (Å²) >= 11 is 0. The second kappa shape index (κ2) is 7.14. The van der Waals surface area contributed by atoms with Gasteiger partial charge >= 0.3 is 0 Å². The average molecular weight is 377 g/mol. The van der Waals surface area contributed by atoms with Gasteiger partial charge in [-0.15, -0.1) is 0 Å². The van der Waals surface area contributed by atoms with Gasteiger partial charge in [-0.05, 0) is 44.5 Å². The van der Waals surface area contributed by atoms with Crippen LogP contribution in [-0.2, 0) is 0 Å². The van der Waals surface area contributed by atoms with E-state index in [0.717, 1.165) is 67.9 Å². The number of para-hydroxylation sites is 1. The minimum Gasteiger partial charge on any atom is -0.367 e. The van der Waals surface area contributed by atoms with Crippen LogP contribution in [0.25, 0.3) is 22.3 Å². The van der Waals surface area contributed by atoms with Crippen molar-refractivity contribution < 1.29 is 0 Å². The smallest absolute Gasteiger partial charge is 0.113 e. The lowest BCUT2D eigenvalue weighted by Gasteiger charge is -2.34. The summed E-state index contributed by atoms with van der Waals surface area (Å²) in [5.41, 5.74) is 10.8. The van der Waals surface area contributed by atoms with E-state index in [4.69, 9.17) is 10.7 Å². The Morgan fingerprint density at radius 1 is 1.11 bits per heavy atom. The topological polar surface area (TPSA) is 76.1 Å². The molecule has 146 valence electrons. The first-order chi connectivity index (χ1) is 13.7. The molecule has 2 fully saturated rings. The second-order valence-electron chi connectivity index (χ2n) is 8.13. The zero-order valence-corrected chi connectivity index (χ0v) is 16.3. The minimum absolute atomic E-state index is 0.469. The number of hydrogen-bond acceptors (Lipinski definition) is 6. The summed E-state index contributed by atoms with van der Waals surface area (Å²) in [5, 5.41) is 4.58. The molecule has 28 heavy (non-hydrogen) atoms. The number of hydrogen-bond donors (Lipinski definition) is 1. The lowest BCUT2D eigenvalue weighted by Crippen LogP contribution is -2.44. The fraction of sp³-hybridized carbons (Fsp3) is 0.476. The zero-order chi connectivity index (χ0) is 19.1. The molecule has 1 aliphatic heterocycles. The Hall–Kier alpha value is -2.51. The molecule has 7 heteroatoms. The molecule has 1 aliphatic carbocycles. The van der Waals surface area contributed by atoms with Crippen molar-refractivity contribution in [2.24, 2.45) is 11.7 Å². The van der Waals surface area contributed by atoms with E-state index in [1.807, 2.05) is 18.5 Å². The Morgan fingerprint density at radius 3 is 2.71 bits per heavy atom. The summed E-state index contributed by atoms with van der Waals surface area (Å²) in [4.78, 5) is 14.5. The van der Waals surface area contributed by atoms with Gasteiger partial charge < -0.3 is 15.5 Å². The number of anilines is 1. The van der Waals surface area contributed by atoms with E-state index in [1.165, 1.54) is 5.69 Å². The van der Waals surface area contributed by atoms with Crippen LogP contribution in [0.1, 0.15) is 18.9 Å². The molecule has 2 N–H and O–H groups in total. The number of benzene rings is 1. The van der Waals surface area contributed by atoms with Crippen molar-refractivity contribution in [3.8, 4) is 11.3 Å². The number of piperazine rings is 1. The van der Waals surface area contributed by atoms with Crippen molar-refractivity contribution in [1.82, 2.24) is 24.6 Å². The van der Waals surface area contributed by atoms with Gasteiger partial charge in [-0.1, -0.05) is 6.07 Å². The summed E-state index contributed by atoms with van der Waals surface area (Å²) < 4.78 is 2.07. The van der Waals surface area contributed by atoms with E-state index in [0.29, 0.717) is 12.0 Å². The highest BCUT2D eigenvalue weighted by Gasteiger charge is 2.30. The standard InChI is InChI=1S/C21H27N7/c1-26-5-7-27(8-6-26)20-4-2-3-18-21(20)25-19(13-23-18)16-12-24-28(14-16)17-9-15(10-17)11-22/h2-4,12-15,17H,5-11,22H2,1H3. The van der Waals surface area contributed by atoms with Gasteiger partial charge in [0.2, 0.25) is 0 Å². The molecule has 0 unspecified atom stereocenters. The maximum atomic E-state index is 5.75. The average Bonchev–Trinajstić information content (AvgIpc) is 3.17. The van der Waals surface area contributed by atoms with Crippen molar-refractivity contribution in [2.75, 3.05) is 44.7 Å². The van der Waals surface area contributed by atoms with Gasteiger partial charge in [-0.25, -0.2) is 4.98 Å². The van der Waals surface area contributed by atoms with Crippen LogP contribution in [0.5, 0.6) is 0 Å². The molecule has 7 nitrogen and oxygen atoms in total. The van der Waals surface area contributed by atoms with Crippen molar-refractivity contribution in [1.29, 1.82) is 0 Å². The first kappa shape index (κ1) is 17.6. The third-order valence-corrected chi connectivity index (χ3v) is 6.21. The number of nitrogens with zero attached hydrogens (tertiary/aromatic N) is 6. The maximum absolute atomic E-state index is 5.75. The number of likely N-dealkylation sites (N-methyl/N-ethyl adjacent to an activating group) is 1. The second-order valence-corrected chi connectivity index (χ2v) is 8.13. The summed E-state index contributed by atoms with van der Waals surface area (Å²) in [5.74, 6) is 0.643. The van der Waals surface area contributed by atoms with Crippen molar-refractivity contribution in [2.45, 2.75) is 18.9 Å². The van der Waals surface area contributed by atoms with Gasteiger partial charge in [-0.3, -0.25) is 9.67 Å². The Bertz CT molecular complexity index is 968. The molecule has 0 radical (unpaired) electrons. The van der Waals surface area contributed by atoms with Crippen LogP contribution < -0.4 is 10.6 Å². The van der Waals surface area contributed by atoms with Crippen LogP contribution in [0.4, 0.5) is 5.69 Å². The van der Waals surface area contributed by atoms with Crippen LogP contribution in [0, 0.1) is 5.92 Å². The van der Waals surface area contributed by atoms with Crippen LogP contribution >= 0.6 is 0 Å².